The molecule has 0 aliphatic carbocycles. The number of nitrogens with one attached hydrogen (secondary N) is 2. The number of amides is 1. The standard InChI is InChI=1S/C21H26BN3O5/c1-20(2)21(3,4)30-22(29-20)16(12-17-10-11-18(26)25-24-17)13-23-19(27)28-14-15-8-6-5-7-9-15/h5-12H,13-14H2,1-4H3,(H,23,27)(H,25,26). The van der Waals surface area contributed by atoms with E-state index in [1.807, 2.05) is 58.0 Å². The van der Waals surface area contributed by atoms with Crippen LogP contribution in [0.3, 0.4) is 0 Å². The van der Waals surface area contributed by atoms with E-state index in [1.54, 1.807) is 12.1 Å². The number of alkyl carbamates (subject to hydrolysis) is 1. The van der Waals surface area contributed by atoms with Gasteiger partial charge in [-0.25, -0.2) is 9.89 Å². The Bertz CT molecular complexity index is 936. The molecular formula is C21H26BN3O5. The summed E-state index contributed by atoms with van der Waals surface area (Å²) in [4.78, 5) is 23.5. The summed E-state index contributed by atoms with van der Waals surface area (Å²) in [6.45, 7) is 8.10. The Morgan fingerprint density at radius 2 is 1.80 bits per heavy atom. The van der Waals surface area contributed by atoms with Crippen LogP contribution in [-0.2, 0) is 20.7 Å². The number of nitrogens with zero attached hydrogens (tertiary/aromatic N) is 1. The van der Waals surface area contributed by atoms with Crippen LogP contribution >= 0.6 is 0 Å². The number of aromatic amines is 1. The van der Waals surface area contributed by atoms with Crippen LogP contribution in [-0.4, -0.2) is 41.2 Å². The number of hydrogen-bond donors (Lipinski definition) is 2. The van der Waals surface area contributed by atoms with E-state index < -0.39 is 24.4 Å². The van der Waals surface area contributed by atoms with E-state index in [1.165, 1.54) is 6.07 Å². The molecule has 1 fully saturated rings. The van der Waals surface area contributed by atoms with Gasteiger partial charge in [0.05, 0.1) is 16.9 Å². The summed E-state index contributed by atoms with van der Waals surface area (Å²) in [5.74, 6) is 0. The smallest absolute Gasteiger partial charge is 0.445 e. The third-order valence-electron chi connectivity index (χ3n) is 5.24. The van der Waals surface area contributed by atoms with Crippen LogP contribution in [0.2, 0.25) is 0 Å². The molecule has 3 rings (SSSR count). The van der Waals surface area contributed by atoms with Crippen molar-refractivity contribution in [2.24, 2.45) is 0 Å². The lowest BCUT2D eigenvalue weighted by molar-refractivity contribution is 0.00578. The van der Waals surface area contributed by atoms with Gasteiger partial charge < -0.3 is 19.4 Å². The normalized spacial score (nSPS) is 17.6. The summed E-state index contributed by atoms with van der Waals surface area (Å²) in [6, 6.07) is 12.4. The summed E-state index contributed by atoms with van der Waals surface area (Å²) in [6.07, 6.45) is 1.16. The van der Waals surface area contributed by atoms with E-state index in [0.29, 0.717) is 11.2 Å². The molecule has 1 saturated heterocycles. The molecule has 30 heavy (non-hydrogen) atoms. The fourth-order valence-corrected chi connectivity index (χ4v) is 2.77. The van der Waals surface area contributed by atoms with Crippen LogP contribution < -0.4 is 10.9 Å². The molecular weight excluding hydrogens is 385 g/mol. The zero-order valence-electron chi connectivity index (χ0n) is 17.6. The molecule has 1 aliphatic heterocycles. The fraction of sp³-hybridized carbons (Fsp3) is 0.381. The zero-order valence-corrected chi connectivity index (χ0v) is 17.6. The van der Waals surface area contributed by atoms with Crippen LogP contribution in [0.5, 0.6) is 0 Å². The van der Waals surface area contributed by atoms with Gasteiger partial charge in [-0.1, -0.05) is 30.3 Å². The highest BCUT2D eigenvalue weighted by Gasteiger charge is 2.52. The molecule has 9 heteroatoms. The number of rotatable bonds is 6. The van der Waals surface area contributed by atoms with E-state index in [4.69, 9.17) is 14.0 Å². The van der Waals surface area contributed by atoms with Crippen LogP contribution in [0.15, 0.2) is 52.7 Å². The van der Waals surface area contributed by atoms with E-state index >= 15 is 0 Å². The fourth-order valence-electron chi connectivity index (χ4n) is 2.77. The second-order valence-corrected chi connectivity index (χ2v) is 8.07. The number of aromatic nitrogens is 2. The number of carbonyl (C=O) groups excluding carboxylic acids is 1. The first-order valence-corrected chi connectivity index (χ1v) is 9.73. The Morgan fingerprint density at radius 3 is 2.40 bits per heavy atom. The maximum absolute atomic E-state index is 12.2. The van der Waals surface area contributed by atoms with Crippen molar-refractivity contribution in [3.8, 4) is 0 Å². The first kappa shape index (κ1) is 21.8. The van der Waals surface area contributed by atoms with E-state index in [9.17, 15) is 9.59 Å². The maximum atomic E-state index is 12.2. The van der Waals surface area contributed by atoms with Crippen LogP contribution in [0, 0.1) is 0 Å². The first-order valence-electron chi connectivity index (χ1n) is 9.73. The Morgan fingerprint density at radius 1 is 1.13 bits per heavy atom. The van der Waals surface area contributed by atoms with Crippen molar-refractivity contribution in [2.75, 3.05) is 6.54 Å². The molecule has 1 aliphatic rings. The van der Waals surface area contributed by atoms with Crippen LogP contribution in [0.25, 0.3) is 6.08 Å². The highest BCUT2D eigenvalue weighted by atomic mass is 16.7. The first-order chi connectivity index (χ1) is 14.2. The molecule has 158 valence electrons. The summed E-state index contributed by atoms with van der Waals surface area (Å²) in [7, 11) is -0.682. The van der Waals surface area contributed by atoms with Crippen molar-refractivity contribution in [1.82, 2.24) is 15.5 Å². The van der Waals surface area contributed by atoms with Gasteiger partial charge in [-0.2, -0.15) is 5.10 Å². The van der Waals surface area contributed by atoms with Crippen molar-refractivity contribution < 1.29 is 18.8 Å². The van der Waals surface area contributed by atoms with Crippen molar-refractivity contribution >= 4 is 19.3 Å². The molecule has 2 N–H and O–H groups in total. The lowest BCUT2D eigenvalue weighted by Crippen LogP contribution is -2.41. The van der Waals surface area contributed by atoms with Gasteiger partial charge in [-0.05, 0) is 50.9 Å². The van der Waals surface area contributed by atoms with Crippen molar-refractivity contribution in [1.29, 1.82) is 0 Å². The molecule has 0 bridgehead atoms. The summed E-state index contributed by atoms with van der Waals surface area (Å²) in [5.41, 5.74) is 0.675. The van der Waals surface area contributed by atoms with E-state index in [-0.39, 0.29) is 18.7 Å². The van der Waals surface area contributed by atoms with Gasteiger partial charge in [-0.15, -0.1) is 0 Å². The molecule has 0 unspecified atom stereocenters. The third-order valence-corrected chi connectivity index (χ3v) is 5.24. The second kappa shape index (κ2) is 8.85. The summed E-state index contributed by atoms with van der Waals surface area (Å²) in [5, 5.41) is 9.11. The minimum Gasteiger partial charge on any atom is -0.445 e. The maximum Gasteiger partial charge on any atom is 0.492 e. The average Bonchev–Trinajstić information content (AvgIpc) is 2.93. The largest absolute Gasteiger partial charge is 0.492 e. The lowest BCUT2D eigenvalue weighted by atomic mass is 9.77. The number of H-pyrrole nitrogens is 1. The molecule has 0 radical (unpaired) electrons. The summed E-state index contributed by atoms with van der Waals surface area (Å²) < 4.78 is 17.5. The molecule has 0 saturated carbocycles. The zero-order chi connectivity index (χ0) is 21.8. The third kappa shape index (κ3) is 5.37. The van der Waals surface area contributed by atoms with Gasteiger partial charge in [0, 0.05) is 12.6 Å². The number of benzene rings is 1. The van der Waals surface area contributed by atoms with Gasteiger partial charge in [0.1, 0.15) is 6.61 Å². The molecule has 2 heterocycles. The number of hydrogen-bond acceptors (Lipinski definition) is 6. The molecule has 1 aromatic carbocycles. The predicted molar refractivity (Wildman–Crippen MR) is 114 cm³/mol. The number of ether oxygens (including phenoxy) is 1. The molecule has 8 nitrogen and oxygen atoms in total. The van der Waals surface area contributed by atoms with Gasteiger partial charge in [0.15, 0.2) is 0 Å². The van der Waals surface area contributed by atoms with Crippen LogP contribution in [0.1, 0.15) is 39.0 Å². The van der Waals surface area contributed by atoms with Crippen molar-refractivity contribution in [2.45, 2.75) is 45.5 Å². The van der Waals surface area contributed by atoms with E-state index in [0.717, 1.165) is 5.56 Å². The Hall–Kier alpha value is -2.91. The van der Waals surface area contributed by atoms with Gasteiger partial charge in [0.25, 0.3) is 5.56 Å². The van der Waals surface area contributed by atoms with Crippen molar-refractivity contribution in [3.05, 3.63) is 69.5 Å². The van der Waals surface area contributed by atoms with Gasteiger partial charge in [-0.3, -0.25) is 4.79 Å². The topological polar surface area (TPSA) is 103 Å². The summed E-state index contributed by atoms with van der Waals surface area (Å²) >= 11 is 0. The second-order valence-electron chi connectivity index (χ2n) is 8.07. The molecule has 1 amide bonds. The predicted octanol–water partition coefficient (Wildman–Crippen LogP) is 2.71. The highest BCUT2D eigenvalue weighted by Crippen LogP contribution is 2.38. The SMILES string of the molecule is CC1(C)OB(C(=Cc2ccc(=O)[nH]n2)CNC(=O)OCc2ccccc2)OC1(C)C. The average molecular weight is 411 g/mol. The van der Waals surface area contributed by atoms with Gasteiger partial charge >= 0.3 is 13.2 Å². The lowest BCUT2D eigenvalue weighted by Gasteiger charge is -2.32. The Kier molecular flexibility index (Phi) is 6.43. The quantitative estimate of drug-likeness (QED) is 0.709. The molecule has 1 aromatic heterocycles. The Labute approximate surface area is 175 Å². The van der Waals surface area contributed by atoms with Crippen LogP contribution in [0.4, 0.5) is 4.79 Å². The molecule has 0 atom stereocenters. The van der Waals surface area contributed by atoms with E-state index in [2.05, 4.69) is 15.5 Å². The monoisotopic (exact) mass is 411 g/mol. The highest BCUT2D eigenvalue weighted by molar-refractivity contribution is 6.56. The number of carbonyl (C=O) groups is 1. The van der Waals surface area contributed by atoms with Crippen molar-refractivity contribution in [3.63, 3.8) is 0 Å². The molecule has 2 aromatic rings. The Balaban J connectivity index is 1.71. The minimum atomic E-state index is -0.682. The van der Waals surface area contributed by atoms with Gasteiger partial charge in [0.2, 0.25) is 0 Å². The minimum absolute atomic E-state index is 0.130. The molecule has 0 spiro atoms.